The molecule has 1 saturated heterocycles. The Bertz CT molecular complexity index is 377. The summed E-state index contributed by atoms with van der Waals surface area (Å²) < 4.78 is 0. The Morgan fingerprint density at radius 1 is 1.69 bits per heavy atom. The fourth-order valence-electron chi connectivity index (χ4n) is 1.80. The summed E-state index contributed by atoms with van der Waals surface area (Å²) in [5.41, 5.74) is 0.481. The number of carbonyl (C=O) groups is 1. The number of carbonyl (C=O) groups excluding carboxylic acids is 1. The first-order valence-electron chi connectivity index (χ1n) is 5.38. The largest absolute Gasteiger partial charge is 0.350 e. The van der Waals surface area contributed by atoms with Crippen LogP contribution in [0.4, 0.5) is 0 Å². The van der Waals surface area contributed by atoms with E-state index in [0.29, 0.717) is 23.2 Å². The first-order chi connectivity index (χ1) is 7.77. The molecule has 0 aliphatic carbocycles. The summed E-state index contributed by atoms with van der Waals surface area (Å²) in [5, 5.41) is 6.57. The smallest absolute Gasteiger partial charge is 0.252 e. The van der Waals surface area contributed by atoms with E-state index in [2.05, 4.69) is 15.6 Å². The highest BCUT2D eigenvalue weighted by Gasteiger charge is 2.16. The molecule has 1 aromatic rings. The monoisotopic (exact) mass is 239 g/mol. The van der Waals surface area contributed by atoms with Crippen molar-refractivity contribution in [3.63, 3.8) is 0 Å². The van der Waals surface area contributed by atoms with Crippen LogP contribution in [0.5, 0.6) is 0 Å². The molecule has 16 heavy (non-hydrogen) atoms. The number of halogens is 1. The lowest BCUT2D eigenvalue weighted by Gasteiger charge is -2.11. The van der Waals surface area contributed by atoms with Gasteiger partial charge in [-0.2, -0.15) is 0 Å². The maximum absolute atomic E-state index is 11.8. The van der Waals surface area contributed by atoms with Crippen LogP contribution in [0.25, 0.3) is 0 Å². The lowest BCUT2D eigenvalue weighted by Crippen LogP contribution is -2.37. The maximum atomic E-state index is 11.8. The first-order valence-corrected chi connectivity index (χ1v) is 5.76. The van der Waals surface area contributed by atoms with Crippen molar-refractivity contribution in [2.45, 2.75) is 18.9 Å². The molecule has 1 aromatic heterocycles. The lowest BCUT2D eigenvalue weighted by molar-refractivity contribution is 0.0950. The summed E-state index contributed by atoms with van der Waals surface area (Å²) in [5.74, 6) is -0.138. The molecule has 0 saturated carbocycles. The van der Waals surface area contributed by atoms with Crippen LogP contribution < -0.4 is 10.6 Å². The Morgan fingerprint density at radius 3 is 3.25 bits per heavy atom. The van der Waals surface area contributed by atoms with Crippen LogP contribution in [-0.2, 0) is 0 Å². The average Bonchev–Trinajstić information content (AvgIpc) is 2.79. The van der Waals surface area contributed by atoms with E-state index in [-0.39, 0.29) is 5.91 Å². The van der Waals surface area contributed by atoms with Crippen LogP contribution in [0, 0.1) is 0 Å². The van der Waals surface area contributed by atoms with Crippen LogP contribution in [0.1, 0.15) is 23.2 Å². The summed E-state index contributed by atoms with van der Waals surface area (Å²) in [6, 6.07) is 2.02. The second-order valence-corrected chi connectivity index (χ2v) is 4.27. The zero-order chi connectivity index (χ0) is 11.4. The summed E-state index contributed by atoms with van der Waals surface area (Å²) in [4.78, 5) is 15.6. The zero-order valence-electron chi connectivity index (χ0n) is 8.87. The van der Waals surface area contributed by atoms with Gasteiger partial charge in [0.25, 0.3) is 5.91 Å². The number of pyridine rings is 1. The number of hydrogen-bond acceptors (Lipinski definition) is 3. The Kier molecular flexibility index (Phi) is 3.74. The van der Waals surface area contributed by atoms with Gasteiger partial charge in [0, 0.05) is 25.0 Å². The molecule has 5 heteroatoms. The summed E-state index contributed by atoms with van der Waals surface area (Å²) >= 11 is 5.88. The Morgan fingerprint density at radius 2 is 2.56 bits per heavy atom. The SMILES string of the molecule is O=C(NCC1CCCN1)c1ccncc1Cl. The quantitative estimate of drug-likeness (QED) is 0.834. The third-order valence-corrected chi connectivity index (χ3v) is 2.99. The van der Waals surface area contributed by atoms with Crippen molar-refractivity contribution in [2.24, 2.45) is 0 Å². The van der Waals surface area contributed by atoms with E-state index in [1.165, 1.54) is 12.6 Å². The molecule has 2 heterocycles. The Hall–Kier alpha value is -1.13. The first kappa shape index (κ1) is 11.4. The van der Waals surface area contributed by atoms with Crippen molar-refractivity contribution in [3.05, 3.63) is 29.0 Å². The van der Waals surface area contributed by atoms with Gasteiger partial charge in [-0.15, -0.1) is 0 Å². The molecule has 1 aliphatic rings. The van der Waals surface area contributed by atoms with E-state index >= 15 is 0 Å². The van der Waals surface area contributed by atoms with Gasteiger partial charge in [-0.05, 0) is 25.5 Å². The van der Waals surface area contributed by atoms with Crippen LogP contribution in [0.3, 0.4) is 0 Å². The number of nitrogens with one attached hydrogen (secondary N) is 2. The molecular weight excluding hydrogens is 226 g/mol. The van der Waals surface area contributed by atoms with Crippen molar-refractivity contribution in [3.8, 4) is 0 Å². The highest BCUT2D eigenvalue weighted by molar-refractivity contribution is 6.33. The van der Waals surface area contributed by atoms with Crippen LogP contribution >= 0.6 is 11.6 Å². The fourth-order valence-corrected chi connectivity index (χ4v) is 2.01. The third kappa shape index (κ3) is 2.71. The highest BCUT2D eigenvalue weighted by Crippen LogP contribution is 2.13. The molecule has 1 aliphatic heterocycles. The van der Waals surface area contributed by atoms with E-state index in [0.717, 1.165) is 13.0 Å². The van der Waals surface area contributed by atoms with Gasteiger partial charge in [0.2, 0.25) is 0 Å². The number of rotatable bonds is 3. The molecule has 0 aromatic carbocycles. The van der Waals surface area contributed by atoms with Crippen molar-refractivity contribution in [1.82, 2.24) is 15.6 Å². The summed E-state index contributed by atoms with van der Waals surface area (Å²) in [6.07, 6.45) is 5.33. The molecule has 1 amide bonds. The molecule has 0 radical (unpaired) electrons. The molecule has 0 bridgehead atoms. The Labute approximate surface area is 99.4 Å². The second kappa shape index (κ2) is 5.27. The minimum Gasteiger partial charge on any atom is -0.350 e. The summed E-state index contributed by atoms with van der Waals surface area (Å²) in [6.45, 7) is 1.69. The van der Waals surface area contributed by atoms with Crippen LogP contribution in [0.2, 0.25) is 5.02 Å². The molecule has 1 fully saturated rings. The number of nitrogens with zero attached hydrogens (tertiary/aromatic N) is 1. The standard InChI is InChI=1S/C11H14ClN3O/c12-10-7-13-5-3-9(10)11(16)15-6-8-2-1-4-14-8/h3,5,7-8,14H,1-2,4,6H2,(H,15,16). The van der Waals surface area contributed by atoms with Gasteiger partial charge in [0.1, 0.15) is 0 Å². The van der Waals surface area contributed by atoms with E-state index < -0.39 is 0 Å². The highest BCUT2D eigenvalue weighted by atomic mass is 35.5. The van der Waals surface area contributed by atoms with Gasteiger partial charge in [-0.1, -0.05) is 11.6 Å². The van der Waals surface area contributed by atoms with Crippen molar-refractivity contribution in [1.29, 1.82) is 0 Å². The lowest BCUT2D eigenvalue weighted by atomic mass is 10.2. The maximum Gasteiger partial charge on any atom is 0.252 e. The average molecular weight is 240 g/mol. The van der Waals surface area contributed by atoms with Crippen molar-refractivity contribution >= 4 is 17.5 Å². The fraction of sp³-hybridized carbons (Fsp3) is 0.455. The van der Waals surface area contributed by atoms with E-state index in [1.54, 1.807) is 12.3 Å². The predicted octanol–water partition coefficient (Wildman–Crippen LogP) is 1.22. The van der Waals surface area contributed by atoms with Gasteiger partial charge in [0.05, 0.1) is 10.6 Å². The topological polar surface area (TPSA) is 54.0 Å². The third-order valence-electron chi connectivity index (χ3n) is 2.69. The van der Waals surface area contributed by atoms with Gasteiger partial charge in [0.15, 0.2) is 0 Å². The molecule has 1 atom stereocenters. The van der Waals surface area contributed by atoms with Gasteiger partial charge in [-0.25, -0.2) is 0 Å². The molecule has 86 valence electrons. The molecule has 1 unspecified atom stereocenters. The number of hydrogen-bond donors (Lipinski definition) is 2. The number of amides is 1. The van der Waals surface area contributed by atoms with E-state index in [9.17, 15) is 4.79 Å². The molecule has 2 N–H and O–H groups in total. The second-order valence-electron chi connectivity index (χ2n) is 3.86. The minimum absolute atomic E-state index is 0.138. The van der Waals surface area contributed by atoms with E-state index in [1.807, 2.05) is 0 Å². The van der Waals surface area contributed by atoms with Gasteiger partial charge < -0.3 is 10.6 Å². The van der Waals surface area contributed by atoms with Crippen molar-refractivity contribution < 1.29 is 4.79 Å². The normalized spacial score (nSPS) is 19.7. The van der Waals surface area contributed by atoms with Gasteiger partial charge in [-0.3, -0.25) is 9.78 Å². The number of aromatic nitrogens is 1. The summed E-state index contributed by atoms with van der Waals surface area (Å²) in [7, 11) is 0. The minimum atomic E-state index is -0.138. The van der Waals surface area contributed by atoms with Gasteiger partial charge >= 0.3 is 0 Å². The van der Waals surface area contributed by atoms with Crippen LogP contribution in [-0.4, -0.2) is 30.0 Å². The van der Waals surface area contributed by atoms with Crippen molar-refractivity contribution in [2.75, 3.05) is 13.1 Å². The molecule has 2 rings (SSSR count). The molecule has 4 nitrogen and oxygen atoms in total. The zero-order valence-corrected chi connectivity index (χ0v) is 9.63. The van der Waals surface area contributed by atoms with E-state index in [4.69, 9.17) is 11.6 Å². The predicted molar refractivity (Wildman–Crippen MR) is 62.6 cm³/mol. The molecular formula is C11H14ClN3O. The van der Waals surface area contributed by atoms with Crippen LogP contribution in [0.15, 0.2) is 18.5 Å². The Balaban J connectivity index is 1.90. The molecule has 0 spiro atoms.